The molecule has 0 atom stereocenters. The summed E-state index contributed by atoms with van der Waals surface area (Å²) >= 11 is 0. The zero-order valence-electron chi connectivity index (χ0n) is 11.5. The maximum Gasteiger partial charge on any atom is 0.151 e. The number of anilines is 2. The molecule has 0 N–H and O–H groups in total. The van der Waals surface area contributed by atoms with Crippen molar-refractivity contribution in [3.05, 3.63) is 23.8 Å². The van der Waals surface area contributed by atoms with Gasteiger partial charge in [-0.25, -0.2) is 8.78 Å². The van der Waals surface area contributed by atoms with Gasteiger partial charge in [0.05, 0.1) is 0 Å². The number of hydrogen-bond acceptors (Lipinski definition) is 2. The van der Waals surface area contributed by atoms with Gasteiger partial charge in [-0.3, -0.25) is 0 Å². The second-order valence-electron chi connectivity index (χ2n) is 6.47. The Labute approximate surface area is 113 Å². The molecule has 4 heteroatoms. The van der Waals surface area contributed by atoms with E-state index in [1.807, 2.05) is 0 Å². The monoisotopic (exact) mass is 266 g/mol. The SMILES string of the molecule is CC1(C)CN(c2c(F)cc(N3CCCC3)cc2F)C1. The molecule has 0 unspecified atom stereocenters. The van der Waals surface area contributed by atoms with E-state index >= 15 is 0 Å². The lowest BCUT2D eigenvalue weighted by Gasteiger charge is -2.47. The van der Waals surface area contributed by atoms with E-state index in [-0.39, 0.29) is 11.1 Å². The van der Waals surface area contributed by atoms with Gasteiger partial charge in [0.2, 0.25) is 0 Å². The van der Waals surface area contributed by atoms with Gasteiger partial charge in [-0.2, -0.15) is 0 Å². The number of hydrogen-bond donors (Lipinski definition) is 0. The van der Waals surface area contributed by atoms with Crippen LogP contribution in [0.5, 0.6) is 0 Å². The van der Waals surface area contributed by atoms with Crippen molar-refractivity contribution in [2.45, 2.75) is 26.7 Å². The van der Waals surface area contributed by atoms with Crippen LogP contribution in [0.4, 0.5) is 20.2 Å². The molecule has 0 saturated carbocycles. The van der Waals surface area contributed by atoms with Gasteiger partial charge in [-0.05, 0) is 30.4 Å². The standard InChI is InChI=1S/C15H20F2N2/c1-15(2)9-19(10-15)14-12(16)7-11(8-13(14)17)18-5-3-4-6-18/h7-8H,3-6,9-10H2,1-2H3. The first-order chi connectivity index (χ1) is 8.96. The summed E-state index contributed by atoms with van der Waals surface area (Å²) in [7, 11) is 0. The minimum atomic E-state index is -0.433. The molecule has 2 aliphatic rings. The zero-order chi connectivity index (χ0) is 13.6. The van der Waals surface area contributed by atoms with Crippen molar-refractivity contribution >= 4 is 11.4 Å². The molecule has 2 nitrogen and oxygen atoms in total. The van der Waals surface area contributed by atoms with Crippen LogP contribution in [0.15, 0.2) is 12.1 Å². The predicted molar refractivity (Wildman–Crippen MR) is 73.8 cm³/mol. The molecule has 3 rings (SSSR count). The highest BCUT2D eigenvalue weighted by atomic mass is 19.1. The molecule has 2 aliphatic heterocycles. The van der Waals surface area contributed by atoms with E-state index in [1.54, 1.807) is 4.90 Å². The van der Waals surface area contributed by atoms with Crippen molar-refractivity contribution in [1.82, 2.24) is 0 Å². The first-order valence-corrected chi connectivity index (χ1v) is 6.95. The lowest BCUT2D eigenvalue weighted by Crippen LogP contribution is -2.53. The lowest BCUT2D eigenvalue weighted by molar-refractivity contribution is 0.271. The average Bonchev–Trinajstić information content (AvgIpc) is 2.78. The number of benzene rings is 1. The lowest BCUT2D eigenvalue weighted by atomic mass is 9.84. The van der Waals surface area contributed by atoms with Crippen molar-refractivity contribution in [2.24, 2.45) is 5.41 Å². The summed E-state index contributed by atoms with van der Waals surface area (Å²) in [5.74, 6) is -0.866. The van der Waals surface area contributed by atoms with Crippen molar-refractivity contribution in [3.63, 3.8) is 0 Å². The van der Waals surface area contributed by atoms with Crippen LogP contribution in [-0.2, 0) is 0 Å². The van der Waals surface area contributed by atoms with Crippen LogP contribution in [-0.4, -0.2) is 26.2 Å². The van der Waals surface area contributed by atoms with Crippen molar-refractivity contribution < 1.29 is 8.78 Å². The fourth-order valence-corrected chi connectivity index (χ4v) is 3.16. The van der Waals surface area contributed by atoms with Crippen LogP contribution < -0.4 is 9.80 Å². The summed E-state index contributed by atoms with van der Waals surface area (Å²) in [6, 6.07) is 2.96. The van der Waals surface area contributed by atoms with Gasteiger partial charge < -0.3 is 9.80 Å². The molecule has 2 saturated heterocycles. The zero-order valence-corrected chi connectivity index (χ0v) is 11.5. The second kappa shape index (κ2) is 4.36. The molecule has 0 aromatic heterocycles. The number of nitrogens with zero attached hydrogens (tertiary/aromatic N) is 2. The van der Waals surface area contributed by atoms with E-state index in [4.69, 9.17) is 0 Å². The summed E-state index contributed by atoms with van der Waals surface area (Å²) in [5.41, 5.74) is 0.977. The highest BCUT2D eigenvalue weighted by molar-refractivity contribution is 5.60. The smallest absolute Gasteiger partial charge is 0.151 e. The molecule has 0 spiro atoms. The second-order valence-corrected chi connectivity index (χ2v) is 6.47. The number of halogens is 2. The van der Waals surface area contributed by atoms with Gasteiger partial charge in [0.15, 0.2) is 11.6 Å². The molecule has 19 heavy (non-hydrogen) atoms. The highest BCUT2D eigenvalue weighted by Gasteiger charge is 2.37. The number of rotatable bonds is 2. The van der Waals surface area contributed by atoms with Crippen molar-refractivity contribution in [2.75, 3.05) is 36.0 Å². The first kappa shape index (κ1) is 12.7. The fraction of sp³-hybridized carbons (Fsp3) is 0.600. The fourth-order valence-electron chi connectivity index (χ4n) is 3.16. The van der Waals surface area contributed by atoms with Gasteiger partial charge in [0, 0.05) is 31.9 Å². The molecule has 1 aromatic carbocycles. The summed E-state index contributed by atoms with van der Waals surface area (Å²) in [6.45, 7) is 7.44. The van der Waals surface area contributed by atoms with E-state index in [0.29, 0.717) is 18.8 Å². The van der Waals surface area contributed by atoms with Crippen molar-refractivity contribution in [1.29, 1.82) is 0 Å². The third kappa shape index (κ3) is 2.28. The Kier molecular flexibility index (Phi) is 2.91. The van der Waals surface area contributed by atoms with Crippen LogP contribution >= 0.6 is 0 Å². The first-order valence-electron chi connectivity index (χ1n) is 6.95. The van der Waals surface area contributed by atoms with Gasteiger partial charge in [0.25, 0.3) is 0 Å². The van der Waals surface area contributed by atoms with E-state index in [2.05, 4.69) is 18.7 Å². The minimum Gasteiger partial charge on any atom is -0.371 e. The van der Waals surface area contributed by atoms with Crippen LogP contribution in [0.1, 0.15) is 26.7 Å². The molecule has 2 heterocycles. The molecule has 0 amide bonds. The Morgan fingerprint density at radius 2 is 1.47 bits per heavy atom. The maximum atomic E-state index is 14.2. The van der Waals surface area contributed by atoms with Crippen LogP contribution in [0.25, 0.3) is 0 Å². The third-order valence-corrected chi connectivity index (χ3v) is 4.03. The molecular formula is C15H20F2N2. The summed E-state index contributed by atoms with van der Waals surface area (Å²) < 4.78 is 28.4. The Morgan fingerprint density at radius 3 is 1.95 bits per heavy atom. The average molecular weight is 266 g/mol. The molecule has 104 valence electrons. The summed E-state index contributed by atoms with van der Waals surface area (Å²) in [5, 5.41) is 0. The molecule has 1 aromatic rings. The quantitative estimate of drug-likeness (QED) is 0.809. The van der Waals surface area contributed by atoms with Gasteiger partial charge in [-0.15, -0.1) is 0 Å². The Bertz CT molecular complexity index is 462. The molecular weight excluding hydrogens is 246 g/mol. The maximum absolute atomic E-state index is 14.2. The van der Waals surface area contributed by atoms with E-state index in [9.17, 15) is 8.78 Å². The summed E-state index contributed by atoms with van der Waals surface area (Å²) in [6.07, 6.45) is 2.20. The minimum absolute atomic E-state index is 0.141. The molecule has 0 radical (unpaired) electrons. The van der Waals surface area contributed by atoms with Gasteiger partial charge in [-0.1, -0.05) is 13.8 Å². The molecule has 0 aliphatic carbocycles. The Morgan fingerprint density at radius 1 is 0.947 bits per heavy atom. The summed E-state index contributed by atoms with van der Waals surface area (Å²) in [4.78, 5) is 3.84. The normalized spacial score (nSPS) is 21.7. The van der Waals surface area contributed by atoms with Crippen LogP contribution in [0.2, 0.25) is 0 Å². The van der Waals surface area contributed by atoms with Gasteiger partial charge in [0.1, 0.15) is 5.69 Å². The van der Waals surface area contributed by atoms with Crippen molar-refractivity contribution in [3.8, 4) is 0 Å². The van der Waals surface area contributed by atoms with Gasteiger partial charge >= 0.3 is 0 Å². The topological polar surface area (TPSA) is 6.48 Å². The predicted octanol–water partition coefficient (Wildman–Crippen LogP) is 3.41. The Hall–Kier alpha value is -1.32. The van der Waals surface area contributed by atoms with E-state index in [0.717, 1.165) is 25.9 Å². The van der Waals surface area contributed by atoms with E-state index < -0.39 is 11.6 Å². The molecule has 2 fully saturated rings. The largest absolute Gasteiger partial charge is 0.371 e. The Balaban J connectivity index is 1.86. The van der Waals surface area contributed by atoms with Crippen LogP contribution in [0.3, 0.4) is 0 Å². The molecule has 0 bridgehead atoms. The van der Waals surface area contributed by atoms with Crippen LogP contribution in [0, 0.1) is 17.0 Å². The highest BCUT2D eigenvalue weighted by Crippen LogP contribution is 2.38. The van der Waals surface area contributed by atoms with E-state index in [1.165, 1.54) is 12.1 Å². The third-order valence-electron chi connectivity index (χ3n) is 4.03.